The largest absolute Gasteiger partial charge is 0.307 e. The lowest BCUT2D eigenvalue weighted by Crippen LogP contribution is -2.76. The van der Waals surface area contributed by atoms with Gasteiger partial charge in [0.15, 0.2) is 8.07 Å². The third-order valence-corrected chi connectivity index (χ3v) is 17.4. The summed E-state index contributed by atoms with van der Waals surface area (Å²) in [5, 5.41) is 10.8. The van der Waals surface area contributed by atoms with Gasteiger partial charge in [0, 0.05) is 37.0 Å². The monoisotopic (exact) mass is 696 g/mol. The number of hydrogen-bond acceptors (Lipinski definition) is 1. The summed E-state index contributed by atoms with van der Waals surface area (Å²) >= 11 is 1.91. The summed E-state index contributed by atoms with van der Waals surface area (Å²) < 4.78 is 4.99. The highest BCUT2D eigenvalue weighted by Crippen LogP contribution is 2.40. The summed E-state index contributed by atoms with van der Waals surface area (Å²) in [6.07, 6.45) is 0. The first-order chi connectivity index (χ1) is 25.8. The molecule has 4 heteroatoms. The van der Waals surface area contributed by atoms with Crippen LogP contribution in [0.4, 0.5) is 0 Å². The van der Waals surface area contributed by atoms with Gasteiger partial charge in [-0.05, 0) is 69.3 Å². The SMILES string of the molecule is c1ccc(-n2c3ccccc3c3cccc(-n4c5ccccc5c5ccc([Si]6(c7ccccc7)c7ccccc7Sc7ccccc76)cc54)c32)cc1. The minimum absolute atomic E-state index is 1.16. The van der Waals surface area contributed by atoms with E-state index >= 15 is 0 Å². The number of aromatic nitrogens is 2. The van der Waals surface area contributed by atoms with Gasteiger partial charge >= 0.3 is 0 Å². The molecule has 0 atom stereocenters. The van der Waals surface area contributed by atoms with Crippen LogP contribution in [0.15, 0.2) is 204 Å². The molecule has 0 aliphatic carbocycles. The Morgan fingerprint density at radius 3 is 1.62 bits per heavy atom. The highest BCUT2D eigenvalue weighted by molar-refractivity contribution is 8.00. The minimum atomic E-state index is -2.75. The Morgan fingerprint density at radius 1 is 0.365 bits per heavy atom. The van der Waals surface area contributed by atoms with E-state index in [1.54, 1.807) is 0 Å². The second-order valence-electron chi connectivity index (χ2n) is 13.7. The maximum atomic E-state index is 2.55. The molecule has 244 valence electrons. The van der Waals surface area contributed by atoms with E-state index in [0.29, 0.717) is 0 Å². The second kappa shape index (κ2) is 11.5. The van der Waals surface area contributed by atoms with Crippen LogP contribution in [-0.2, 0) is 0 Å². The lowest BCUT2D eigenvalue weighted by Gasteiger charge is -2.39. The van der Waals surface area contributed by atoms with Crippen LogP contribution in [0, 0.1) is 0 Å². The van der Waals surface area contributed by atoms with Gasteiger partial charge in [-0.15, -0.1) is 0 Å². The van der Waals surface area contributed by atoms with Crippen LogP contribution in [0.25, 0.3) is 55.0 Å². The molecule has 2 aromatic heterocycles. The molecule has 3 heterocycles. The second-order valence-corrected chi connectivity index (χ2v) is 18.5. The predicted molar refractivity (Wildman–Crippen MR) is 223 cm³/mol. The zero-order valence-electron chi connectivity index (χ0n) is 28.3. The van der Waals surface area contributed by atoms with Gasteiger partial charge in [-0.1, -0.05) is 157 Å². The maximum absolute atomic E-state index is 2.75. The summed E-state index contributed by atoms with van der Waals surface area (Å²) in [6.45, 7) is 0. The molecule has 0 radical (unpaired) electrons. The van der Waals surface area contributed by atoms with Crippen molar-refractivity contribution in [3.05, 3.63) is 194 Å². The van der Waals surface area contributed by atoms with Crippen molar-refractivity contribution < 1.29 is 0 Å². The zero-order chi connectivity index (χ0) is 34.2. The molecule has 1 aliphatic heterocycles. The molecule has 10 aromatic rings. The van der Waals surface area contributed by atoms with Crippen LogP contribution in [-0.4, -0.2) is 17.2 Å². The highest BCUT2D eigenvalue weighted by atomic mass is 32.2. The Kier molecular flexibility index (Phi) is 6.54. The molecule has 8 aromatic carbocycles. The highest BCUT2D eigenvalue weighted by Gasteiger charge is 2.47. The molecule has 52 heavy (non-hydrogen) atoms. The number of fused-ring (bicyclic) bond motifs is 8. The fourth-order valence-electron chi connectivity index (χ4n) is 8.96. The standard InChI is InChI=1S/C48H32N2SSi/c1-3-16-33(17-4-1)49-40-23-9-8-21-37(40)39-22-15-25-42(48(39)49)50-41-24-10-7-20-36(41)38-31-30-35(32-43(38)50)52(34-18-5-2-6-19-34)46-28-13-11-26-44(46)51-45-27-12-14-29-47(45)52/h1-32H. The van der Waals surface area contributed by atoms with Crippen LogP contribution in [0.2, 0.25) is 0 Å². The first kappa shape index (κ1) is 29.6. The van der Waals surface area contributed by atoms with Crippen LogP contribution in [0.5, 0.6) is 0 Å². The Bertz CT molecular complexity index is 2950. The Morgan fingerprint density at radius 2 is 0.904 bits per heavy atom. The predicted octanol–water partition coefficient (Wildman–Crippen LogP) is 9.72. The molecule has 0 spiro atoms. The van der Waals surface area contributed by atoms with Crippen molar-refractivity contribution in [2.75, 3.05) is 0 Å². The van der Waals surface area contributed by atoms with Crippen LogP contribution < -0.4 is 20.7 Å². The molecule has 0 saturated carbocycles. The number of nitrogens with zero attached hydrogens (tertiary/aromatic N) is 2. The van der Waals surface area contributed by atoms with Gasteiger partial charge in [-0.25, -0.2) is 0 Å². The number of rotatable bonds is 4. The van der Waals surface area contributed by atoms with Crippen LogP contribution in [0.3, 0.4) is 0 Å². The molecule has 0 amide bonds. The minimum Gasteiger partial charge on any atom is -0.307 e. The lowest BCUT2D eigenvalue weighted by molar-refractivity contribution is 1.13. The van der Waals surface area contributed by atoms with E-state index in [4.69, 9.17) is 0 Å². The van der Waals surface area contributed by atoms with Crippen molar-refractivity contribution in [3.8, 4) is 11.4 Å². The van der Waals surface area contributed by atoms with E-state index in [-0.39, 0.29) is 0 Å². The third kappa shape index (κ3) is 4.08. The van der Waals surface area contributed by atoms with Crippen molar-refractivity contribution in [2.24, 2.45) is 0 Å². The molecule has 1 aliphatic rings. The molecule has 0 bridgehead atoms. The smallest absolute Gasteiger partial charge is 0.181 e. The molecule has 0 fully saturated rings. The van der Waals surface area contributed by atoms with Gasteiger partial charge in [0.2, 0.25) is 0 Å². The summed E-state index contributed by atoms with van der Waals surface area (Å²) in [4.78, 5) is 2.71. The third-order valence-electron chi connectivity index (χ3n) is 11.0. The van der Waals surface area contributed by atoms with Gasteiger partial charge < -0.3 is 9.13 Å². The van der Waals surface area contributed by atoms with Crippen molar-refractivity contribution in [1.29, 1.82) is 0 Å². The molecule has 0 unspecified atom stereocenters. The van der Waals surface area contributed by atoms with Crippen molar-refractivity contribution in [2.45, 2.75) is 9.79 Å². The average molecular weight is 697 g/mol. The first-order valence-electron chi connectivity index (χ1n) is 17.9. The van der Waals surface area contributed by atoms with Crippen molar-refractivity contribution in [1.82, 2.24) is 9.13 Å². The van der Waals surface area contributed by atoms with E-state index in [2.05, 4.69) is 203 Å². The molecular formula is C48H32N2SSi. The van der Waals surface area contributed by atoms with Gasteiger partial charge in [-0.3, -0.25) is 0 Å². The fourth-order valence-corrected chi connectivity index (χ4v) is 15.9. The zero-order valence-corrected chi connectivity index (χ0v) is 30.1. The summed E-state index contributed by atoms with van der Waals surface area (Å²) in [7, 11) is -2.75. The topological polar surface area (TPSA) is 9.86 Å². The molecular weight excluding hydrogens is 665 g/mol. The Hall–Kier alpha value is -6.07. The normalized spacial score (nSPS) is 13.5. The van der Waals surface area contributed by atoms with E-state index in [9.17, 15) is 0 Å². The van der Waals surface area contributed by atoms with Crippen LogP contribution in [0.1, 0.15) is 0 Å². The lowest BCUT2D eigenvalue weighted by atomic mass is 10.1. The summed E-state index contributed by atoms with van der Waals surface area (Å²) in [6, 6.07) is 72.4. The van der Waals surface area contributed by atoms with E-state index in [1.807, 2.05) is 11.8 Å². The Balaban J connectivity index is 1.30. The van der Waals surface area contributed by atoms with E-state index in [0.717, 1.165) is 5.69 Å². The Labute approximate surface area is 307 Å². The number of benzene rings is 8. The van der Waals surface area contributed by atoms with Crippen molar-refractivity contribution in [3.63, 3.8) is 0 Å². The number of hydrogen-bond donors (Lipinski definition) is 0. The molecule has 11 rings (SSSR count). The van der Waals surface area contributed by atoms with E-state index in [1.165, 1.54) is 79.8 Å². The molecule has 0 saturated heterocycles. The first-order valence-corrected chi connectivity index (χ1v) is 20.7. The summed E-state index contributed by atoms with van der Waals surface area (Å²) in [5.74, 6) is 0. The average Bonchev–Trinajstić information content (AvgIpc) is 3.73. The molecule has 0 N–H and O–H groups in total. The van der Waals surface area contributed by atoms with Crippen molar-refractivity contribution >= 4 is 84.2 Å². The quantitative estimate of drug-likeness (QED) is 0.167. The number of para-hydroxylation sites is 4. The maximum Gasteiger partial charge on any atom is 0.181 e. The summed E-state index contributed by atoms with van der Waals surface area (Å²) in [5.41, 5.74) is 7.19. The van der Waals surface area contributed by atoms with Gasteiger partial charge in [0.25, 0.3) is 0 Å². The van der Waals surface area contributed by atoms with Gasteiger partial charge in [-0.2, -0.15) is 0 Å². The fraction of sp³-hybridized carbons (Fsp3) is 0. The van der Waals surface area contributed by atoms with E-state index < -0.39 is 8.07 Å². The van der Waals surface area contributed by atoms with Gasteiger partial charge in [0.1, 0.15) is 0 Å². The van der Waals surface area contributed by atoms with Gasteiger partial charge in [0.05, 0.1) is 27.8 Å². The van der Waals surface area contributed by atoms with Crippen LogP contribution >= 0.6 is 11.8 Å². The molecule has 2 nitrogen and oxygen atoms in total.